The van der Waals surface area contributed by atoms with Crippen molar-refractivity contribution in [2.75, 3.05) is 20.8 Å². The molecule has 8 heteroatoms. The second-order valence-electron chi connectivity index (χ2n) is 11.4. The van der Waals surface area contributed by atoms with E-state index in [1.807, 2.05) is 6.07 Å². The van der Waals surface area contributed by atoms with Crippen LogP contribution in [0.5, 0.6) is 11.5 Å². The maximum atomic E-state index is 13.9. The van der Waals surface area contributed by atoms with Crippen molar-refractivity contribution in [2.24, 2.45) is 23.7 Å². The summed E-state index contributed by atoms with van der Waals surface area (Å²) in [6, 6.07) is 2.75. The highest BCUT2D eigenvalue weighted by atomic mass is 16.6. The van der Waals surface area contributed by atoms with E-state index in [2.05, 4.69) is 13.8 Å². The maximum Gasteiger partial charge on any atom is 0.410 e. The van der Waals surface area contributed by atoms with Gasteiger partial charge in [0.2, 0.25) is 0 Å². The molecule has 1 aromatic rings. The molecule has 0 spiro atoms. The summed E-state index contributed by atoms with van der Waals surface area (Å²) >= 11 is 0. The third kappa shape index (κ3) is 5.95. The molecule has 8 nitrogen and oxygen atoms in total. The van der Waals surface area contributed by atoms with Crippen molar-refractivity contribution >= 4 is 17.8 Å². The number of esters is 1. The summed E-state index contributed by atoms with van der Waals surface area (Å²) in [5.74, 6) is -0.656. The van der Waals surface area contributed by atoms with E-state index in [0.717, 1.165) is 12.0 Å². The maximum absolute atomic E-state index is 13.9. The number of fused-ring (bicyclic) bond motifs is 1. The lowest BCUT2D eigenvalue weighted by atomic mass is 9.80. The number of carbonyl (C=O) groups is 3. The fourth-order valence-electron chi connectivity index (χ4n) is 5.08. The molecule has 1 heterocycles. The Hall–Kier alpha value is -2.77. The fraction of sp³-hybridized carbons (Fsp3) is 0.679. The average Bonchev–Trinajstić information content (AvgIpc) is 3.58. The van der Waals surface area contributed by atoms with Gasteiger partial charge in [0.25, 0.3) is 0 Å². The van der Waals surface area contributed by atoms with E-state index in [1.165, 1.54) is 12.0 Å². The van der Waals surface area contributed by atoms with Crippen molar-refractivity contribution in [1.82, 2.24) is 4.90 Å². The Labute approximate surface area is 214 Å². The Morgan fingerprint density at radius 3 is 2.11 bits per heavy atom. The monoisotopic (exact) mass is 503 g/mol. The first kappa shape index (κ1) is 27.8. The zero-order valence-corrected chi connectivity index (χ0v) is 23.0. The van der Waals surface area contributed by atoms with E-state index < -0.39 is 35.7 Å². The van der Waals surface area contributed by atoms with E-state index in [-0.39, 0.29) is 17.6 Å². The van der Waals surface area contributed by atoms with Gasteiger partial charge < -0.3 is 18.9 Å². The molecule has 0 saturated heterocycles. The fourth-order valence-corrected chi connectivity index (χ4v) is 5.08. The third-order valence-corrected chi connectivity index (χ3v) is 6.84. The van der Waals surface area contributed by atoms with Gasteiger partial charge in [-0.3, -0.25) is 14.5 Å². The minimum Gasteiger partial charge on any atom is -0.493 e. The molecule has 200 valence electrons. The number of Topliss-reactive ketones (excluding diaryl/α,β-unsaturated/α-hetero) is 1. The summed E-state index contributed by atoms with van der Waals surface area (Å²) in [6.07, 6.45) is 0.277. The summed E-state index contributed by atoms with van der Waals surface area (Å²) < 4.78 is 22.4. The van der Waals surface area contributed by atoms with Crippen LogP contribution in [0.3, 0.4) is 0 Å². The standard InChI is InChI=1S/C28H41NO7/c1-15(2)18-13-20(18)25(30)23(26(31)35-16(3)4)24-19-14-22(34-9)21(33-8)12-17(19)10-11-29(24)27(32)36-28(5,6)7/h12,14-16,18,20,23-24H,10-11,13H2,1-9H3/t18?,20?,23?,24-/m0/s1. The summed E-state index contributed by atoms with van der Waals surface area (Å²) in [4.78, 5) is 42.4. The van der Waals surface area contributed by atoms with Crippen molar-refractivity contribution in [3.63, 3.8) is 0 Å². The second-order valence-corrected chi connectivity index (χ2v) is 11.4. The Bertz CT molecular complexity index is 994. The lowest BCUT2D eigenvalue weighted by molar-refractivity contribution is -0.159. The topological polar surface area (TPSA) is 91.4 Å². The summed E-state index contributed by atoms with van der Waals surface area (Å²) in [5.41, 5.74) is 0.825. The lowest BCUT2D eigenvalue weighted by Crippen LogP contribution is -2.49. The van der Waals surface area contributed by atoms with Gasteiger partial charge in [0.1, 0.15) is 11.5 Å². The first-order valence-electron chi connectivity index (χ1n) is 12.8. The number of methoxy groups -OCH3 is 2. The number of hydrogen-bond acceptors (Lipinski definition) is 7. The Morgan fingerprint density at radius 1 is 1.00 bits per heavy atom. The van der Waals surface area contributed by atoms with E-state index in [0.29, 0.717) is 35.9 Å². The summed E-state index contributed by atoms with van der Waals surface area (Å²) in [7, 11) is 3.09. The van der Waals surface area contributed by atoms with Gasteiger partial charge in [-0.2, -0.15) is 0 Å². The molecule has 0 bridgehead atoms. The predicted octanol–water partition coefficient (Wildman–Crippen LogP) is 4.97. The number of nitrogens with zero attached hydrogens (tertiary/aromatic N) is 1. The molecule has 36 heavy (non-hydrogen) atoms. The van der Waals surface area contributed by atoms with Gasteiger partial charge in [0, 0.05) is 12.5 Å². The van der Waals surface area contributed by atoms with Gasteiger partial charge in [0.05, 0.1) is 26.4 Å². The molecular formula is C28H41NO7. The van der Waals surface area contributed by atoms with Gasteiger partial charge in [-0.25, -0.2) is 4.79 Å². The van der Waals surface area contributed by atoms with Gasteiger partial charge in [0.15, 0.2) is 17.3 Å². The van der Waals surface area contributed by atoms with Crippen LogP contribution in [0, 0.1) is 23.7 Å². The minimum atomic E-state index is -1.18. The van der Waals surface area contributed by atoms with Crippen LogP contribution in [0.25, 0.3) is 0 Å². The van der Waals surface area contributed by atoms with Crippen molar-refractivity contribution in [3.8, 4) is 11.5 Å². The third-order valence-electron chi connectivity index (χ3n) is 6.84. The largest absolute Gasteiger partial charge is 0.493 e. The Kier molecular flexibility index (Phi) is 8.26. The number of hydrogen-bond donors (Lipinski definition) is 0. The molecule has 1 aromatic carbocycles. The molecule has 0 aromatic heterocycles. The van der Waals surface area contributed by atoms with Crippen LogP contribution >= 0.6 is 0 Å². The number of carbonyl (C=O) groups excluding carboxylic acids is 3. The van der Waals surface area contributed by atoms with Crippen molar-refractivity contribution in [1.29, 1.82) is 0 Å². The molecule has 2 aliphatic rings. The van der Waals surface area contributed by atoms with Crippen molar-refractivity contribution in [2.45, 2.75) is 79.1 Å². The Balaban J connectivity index is 2.16. The van der Waals surface area contributed by atoms with Gasteiger partial charge in [-0.15, -0.1) is 0 Å². The molecule has 3 rings (SSSR count). The number of ether oxygens (including phenoxy) is 4. The molecule has 3 unspecified atom stereocenters. The molecule has 1 aliphatic heterocycles. The number of ketones is 1. The van der Waals surface area contributed by atoms with E-state index >= 15 is 0 Å². The highest BCUT2D eigenvalue weighted by Gasteiger charge is 2.54. The number of rotatable bonds is 8. The van der Waals surface area contributed by atoms with Crippen LogP contribution in [-0.2, 0) is 25.5 Å². The van der Waals surface area contributed by atoms with Crippen molar-refractivity contribution in [3.05, 3.63) is 23.3 Å². The summed E-state index contributed by atoms with van der Waals surface area (Å²) in [5, 5.41) is 0. The highest BCUT2D eigenvalue weighted by Crippen LogP contribution is 2.50. The number of amides is 1. The van der Waals surface area contributed by atoms with E-state index in [9.17, 15) is 14.4 Å². The van der Waals surface area contributed by atoms with Gasteiger partial charge in [-0.05, 0) is 82.6 Å². The minimum absolute atomic E-state index is 0.180. The van der Waals surface area contributed by atoms with E-state index in [4.69, 9.17) is 18.9 Å². The predicted molar refractivity (Wildman–Crippen MR) is 135 cm³/mol. The smallest absolute Gasteiger partial charge is 0.410 e. The molecular weight excluding hydrogens is 462 g/mol. The van der Waals surface area contributed by atoms with Crippen LogP contribution in [0.15, 0.2) is 12.1 Å². The molecule has 4 atom stereocenters. The molecule has 1 amide bonds. The van der Waals surface area contributed by atoms with Crippen LogP contribution in [0.2, 0.25) is 0 Å². The van der Waals surface area contributed by atoms with Gasteiger partial charge in [-0.1, -0.05) is 13.8 Å². The normalized spacial score (nSPS) is 22.1. The zero-order chi connectivity index (χ0) is 26.9. The quantitative estimate of drug-likeness (QED) is 0.365. The van der Waals surface area contributed by atoms with Crippen LogP contribution in [0.4, 0.5) is 4.79 Å². The van der Waals surface area contributed by atoms with Gasteiger partial charge >= 0.3 is 12.1 Å². The second kappa shape index (κ2) is 10.7. The number of benzene rings is 1. The van der Waals surface area contributed by atoms with E-state index in [1.54, 1.807) is 47.8 Å². The van der Waals surface area contributed by atoms with Crippen molar-refractivity contribution < 1.29 is 33.3 Å². The average molecular weight is 504 g/mol. The molecule has 0 N–H and O–H groups in total. The zero-order valence-electron chi connectivity index (χ0n) is 23.0. The Morgan fingerprint density at radius 2 is 1.61 bits per heavy atom. The van der Waals surface area contributed by atoms with Crippen LogP contribution < -0.4 is 9.47 Å². The van der Waals surface area contributed by atoms with Crippen LogP contribution in [-0.4, -0.2) is 55.2 Å². The molecule has 1 saturated carbocycles. The molecule has 1 fully saturated rings. The first-order valence-corrected chi connectivity index (χ1v) is 12.8. The molecule has 1 aliphatic carbocycles. The SMILES string of the molecule is COc1cc2c(cc1OC)[C@@H](C(C(=O)OC(C)C)C(=O)C1CC1C(C)C)N(C(=O)OC(C)(C)C)CC2. The lowest BCUT2D eigenvalue weighted by Gasteiger charge is -2.41. The first-order chi connectivity index (χ1) is 16.8. The highest BCUT2D eigenvalue weighted by molar-refractivity contribution is 6.03. The summed E-state index contributed by atoms with van der Waals surface area (Å²) in [6.45, 7) is 13.3. The van der Waals surface area contributed by atoms with Crippen LogP contribution in [0.1, 0.15) is 72.1 Å². The molecule has 0 radical (unpaired) electrons.